The molecule has 3 aliphatic heterocycles. The number of ether oxygens (including phenoxy) is 2. The highest BCUT2D eigenvalue weighted by Crippen LogP contribution is 2.42. The van der Waals surface area contributed by atoms with E-state index in [0.717, 1.165) is 19.4 Å². The Hall–Kier alpha value is -3.85. The lowest BCUT2D eigenvalue weighted by molar-refractivity contribution is 0.118. The Balaban J connectivity index is 1.46. The molecule has 5 rings (SSSR count). The number of piperazine rings is 1. The molecule has 1 aromatic heterocycles. The number of likely N-dealkylation sites (N-methyl/N-ethyl adjacent to an activating group) is 1. The van der Waals surface area contributed by atoms with Crippen molar-refractivity contribution in [3.05, 3.63) is 35.1 Å². The first-order valence-corrected chi connectivity index (χ1v) is 12.8. The SMILES string of the molecule is CN1CCC[C@H]1COc1nc2c(c(N3CCN(C(=O)O)C(CC#N)C3)n1)CCC(c1c(O)cccc1F)O2. The summed E-state index contributed by atoms with van der Waals surface area (Å²) in [6, 6.07) is 6.07. The first-order chi connectivity index (χ1) is 18.4. The number of halogens is 1. The molecule has 38 heavy (non-hydrogen) atoms. The molecule has 2 saturated heterocycles. The van der Waals surface area contributed by atoms with Crippen LogP contribution in [0.25, 0.3) is 0 Å². The summed E-state index contributed by atoms with van der Waals surface area (Å²) in [6.45, 7) is 2.27. The molecule has 12 heteroatoms. The molecular weight excluding hydrogens is 495 g/mol. The molecule has 3 atom stereocenters. The number of benzene rings is 1. The molecule has 0 saturated carbocycles. The zero-order valence-electron chi connectivity index (χ0n) is 21.2. The molecular formula is C26H31FN6O5. The van der Waals surface area contributed by atoms with Crippen LogP contribution in [0, 0.1) is 17.1 Å². The summed E-state index contributed by atoms with van der Waals surface area (Å²) in [5.74, 6) is 0.0744. The lowest BCUT2D eigenvalue weighted by atomic mass is 9.97. The summed E-state index contributed by atoms with van der Waals surface area (Å²) in [5.41, 5.74) is 0.791. The van der Waals surface area contributed by atoms with Crippen molar-refractivity contribution >= 4 is 11.9 Å². The maximum Gasteiger partial charge on any atom is 0.407 e. The monoisotopic (exact) mass is 526 g/mol. The number of hydrogen-bond donors (Lipinski definition) is 2. The molecule has 202 valence electrons. The molecule has 0 radical (unpaired) electrons. The minimum Gasteiger partial charge on any atom is -0.507 e. The number of aromatic hydroxyl groups is 1. The topological polar surface area (TPSA) is 135 Å². The van der Waals surface area contributed by atoms with Gasteiger partial charge in [0.2, 0.25) is 5.88 Å². The van der Waals surface area contributed by atoms with Crippen molar-refractivity contribution in [2.24, 2.45) is 0 Å². The van der Waals surface area contributed by atoms with Gasteiger partial charge in [-0.15, -0.1) is 0 Å². The van der Waals surface area contributed by atoms with Crippen LogP contribution in [-0.2, 0) is 6.42 Å². The number of nitrogens with zero attached hydrogens (tertiary/aromatic N) is 6. The molecule has 2 fully saturated rings. The minimum absolute atomic E-state index is 0.0541. The maximum atomic E-state index is 14.6. The summed E-state index contributed by atoms with van der Waals surface area (Å²) >= 11 is 0. The van der Waals surface area contributed by atoms with Gasteiger partial charge in [-0.25, -0.2) is 9.18 Å². The Morgan fingerprint density at radius 2 is 2.11 bits per heavy atom. The van der Waals surface area contributed by atoms with Crippen molar-refractivity contribution in [2.75, 3.05) is 44.7 Å². The largest absolute Gasteiger partial charge is 0.507 e. The fourth-order valence-electron chi connectivity index (χ4n) is 5.53. The number of rotatable bonds is 6. The number of likely N-dealkylation sites (tertiary alicyclic amines) is 1. The Morgan fingerprint density at radius 1 is 1.26 bits per heavy atom. The van der Waals surface area contributed by atoms with E-state index in [-0.39, 0.29) is 48.8 Å². The molecule has 2 N–H and O–H groups in total. The lowest BCUT2D eigenvalue weighted by Crippen LogP contribution is -2.55. The molecule has 2 aromatic rings. The van der Waals surface area contributed by atoms with Crippen molar-refractivity contribution < 1.29 is 28.9 Å². The summed E-state index contributed by atoms with van der Waals surface area (Å²) in [7, 11) is 2.05. The van der Waals surface area contributed by atoms with Gasteiger partial charge in [-0.1, -0.05) is 6.07 Å². The predicted molar refractivity (Wildman–Crippen MR) is 134 cm³/mol. The summed E-state index contributed by atoms with van der Waals surface area (Å²) < 4.78 is 26.8. The smallest absolute Gasteiger partial charge is 0.407 e. The van der Waals surface area contributed by atoms with Crippen molar-refractivity contribution in [1.82, 2.24) is 19.8 Å². The van der Waals surface area contributed by atoms with E-state index in [9.17, 15) is 24.7 Å². The Morgan fingerprint density at radius 3 is 2.82 bits per heavy atom. The van der Waals surface area contributed by atoms with Crippen LogP contribution >= 0.6 is 0 Å². The zero-order valence-corrected chi connectivity index (χ0v) is 21.2. The average Bonchev–Trinajstić information content (AvgIpc) is 3.31. The van der Waals surface area contributed by atoms with Crippen LogP contribution in [0.15, 0.2) is 18.2 Å². The van der Waals surface area contributed by atoms with Gasteiger partial charge in [0.05, 0.1) is 29.7 Å². The number of carboxylic acid groups (broad SMARTS) is 1. The third-order valence-electron chi connectivity index (χ3n) is 7.62. The van der Waals surface area contributed by atoms with E-state index in [2.05, 4.69) is 16.0 Å². The van der Waals surface area contributed by atoms with Gasteiger partial charge < -0.3 is 34.4 Å². The van der Waals surface area contributed by atoms with E-state index >= 15 is 0 Å². The molecule has 0 spiro atoms. The number of nitriles is 1. The van der Waals surface area contributed by atoms with E-state index in [1.165, 1.54) is 23.1 Å². The quantitative estimate of drug-likeness (QED) is 0.578. The summed E-state index contributed by atoms with van der Waals surface area (Å²) in [5, 5.41) is 29.2. The lowest BCUT2D eigenvalue weighted by Gasteiger charge is -2.40. The number of aromatic nitrogens is 2. The Bertz CT molecular complexity index is 1220. The van der Waals surface area contributed by atoms with E-state index in [0.29, 0.717) is 37.4 Å². The first kappa shape index (κ1) is 25.8. The molecule has 0 bridgehead atoms. The predicted octanol–water partition coefficient (Wildman–Crippen LogP) is 2.94. The third-order valence-corrected chi connectivity index (χ3v) is 7.62. The van der Waals surface area contributed by atoms with Crippen LogP contribution in [0.5, 0.6) is 17.6 Å². The highest BCUT2D eigenvalue weighted by Gasteiger charge is 2.36. The van der Waals surface area contributed by atoms with Gasteiger partial charge in [-0.05, 0) is 51.4 Å². The van der Waals surface area contributed by atoms with Crippen LogP contribution in [-0.4, -0.2) is 88.0 Å². The second-order valence-electron chi connectivity index (χ2n) is 9.96. The van der Waals surface area contributed by atoms with E-state index in [1.54, 1.807) is 0 Å². The third kappa shape index (κ3) is 5.11. The number of phenolic OH excluding ortho intramolecular Hbond substituents is 1. The van der Waals surface area contributed by atoms with Gasteiger partial charge in [-0.3, -0.25) is 0 Å². The first-order valence-electron chi connectivity index (χ1n) is 12.8. The summed E-state index contributed by atoms with van der Waals surface area (Å²) in [4.78, 5) is 26.4. The highest BCUT2D eigenvalue weighted by molar-refractivity contribution is 5.66. The van der Waals surface area contributed by atoms with Gasteiger partial charge in [0.25, 0.3) is 0 Å². The van der Waals surface area contributed by atoms with Gasteiger partial charge in [-0.2, -0.15) is 15.2 Å². The van der Waals surface area contributed by atoms with Gasteiger partial charge in [0, 0.05) is 25.7 Å². The summed E-state index contributed by atoms with van der Waals surface area (Å²) in [6.07, 6.45) is 1.20. The van der Waals surface area contributed by atoms with Crippen LogP contribution < -0.4 is 14.4 Å². The van der Waals surface area contributed by atoms with Crippen LogP contribution in [0.1, 0.15) is 42.9 Å². The van der Waals surface area contributed by atoms with Crippen LogP contribution in [0.4, 0.5) is 15.0 Å². The number of fused-ring (bicyclic) bond motifs is 1. The van der Waals surface area contributed by atoms with Gasteiger partial charge in [0.1, 0.15) is 30.1 Å². The minimum atomic E-state index is -1.06. The molecule has 0 aliphatic carbocycles. The fraction of sp³-hybridized carbons (Fsp3) is 0.538. The number of amides is 1. The zero-order chi connectivity index (χ0) is 26.8. The van der Waals surface area contributed by atoms with E-state index in [4.69, 9.17) is 14.5 Å². The van der Waals surface area contributed by atoms with Gasteiger partial charge >= 0.3 is 12.1 Å². The van der Waals surface area contributed by atoms with Crippen molar-refractivity contribution in [3.63, 3.8) is 0 Å². The number of carbonyl (C=O) groups is 1. The molecule has 3 aliphatic rings. The maximum absolute atomic E-state index is 14.6. The second kappa shape index (κ2) is 10.9. The standard InChI is InChI=1S/C26H31FN6O5/c1-31-11-3-4-17(31)15-37-25-29-23(32-12-13-33(26(35)36)16(14-32)9-10-28)18-7-8-21(38-24(18)30-25)22-19(27)5-2-6-20(22)34/h2,5-6,16-17,21,34H,3-4,7-9,11-15H2,1H3,(H,35,36)/t16?,17-,21?/m0/s1. The average molecular weight is 527 g/mol. The molecule has 1 amide bonds. The Kier molecular flexibility index (Phi) is 7.37. The number of phenols is 1. The molecule has 11 nitrogen and oxygen atoms in total. The Labute approximate surface area is 220 Å². The van der Waals surface area contributed by atoms with Crippen molar-refractivity contribution in [1.29, 1.82) is 5.26 Å². The normalized spacial score (nSPS) is 23.4. The van der Waals surface area contributed by atoms with Crippen molar-refractivity contribution in [2.45, 2.75) is 50.3 Å². The van der Waals surface area contributed by atoms with Crippen LogP contribution in [0.3, 0.4) is 0 Å². The molecule has 2 unspecified atom stereocenters. The fourth-order valence-corrected chi connectivity index (χ4v) is 5.53. The van der Waals surface area contributed by atoms with Crippen molar-refractivity contribution in [3.8, 4) is 23.7 Å². The second-order valence-corrected chi connectivity index (χ2v) is 9.96. The van der Waals surface area contributed by atoms with Gasteiger partial charge in [0.15, 0.2) is 0 Å². The van der Waals surface area contributed by atoms with Crippen LogP contribution in [0.2, 0.25) is 0 Å². The highest BCUT2D eigenvalue weighted by atomic mass is 19.1. The molecule has 1 aromatic carbocycles. The molecule has 4 heterocycles. The number of hydrogen-bond acceptors (Lipinski definition) is 9. The van der Waals surface area contributed by atoms with E-state index < -0.39 is 24.1 Å². The number of anilines is 1. The van der Waals surface area contributed by atoms with E-state index in [1.807, 2.05) is 11.9 Å².